The molecule has 0 bridgehead atoms. The number of nitrogens with zero attached hydrogens (tertiary/aromatic N) is 3. The van der Waals surface area contributed by atoms with Gasteiger partial charge in [0.1, 0.15) is 0 Å². The molecule has 0 saturated heterocycles. The molecule has 0 spiro atoms. The van der Waals surface area contributed by atoms with Crippen molar-refractivity contribution >= 4 is 23.6 Å². The van der Waals surface area contributed by atoms with Gasteiger partial charge in [0.2, 0.25) is 11.9 Å². The third-order valence-corrected chi connectivity index (χ3v) is 3.48. The van der Waals surface area contributed by atoms with E-state index in [1.165, 1.54) is 11.8 Å². The number of carbonyl (C=O) groups excluding carboxylic acids is 1. The molecule has 0 radical (unpaired) electrons. The summed E-state index contributed by atoms with van der Waals surface area (Å²) in [5.41, 5.74) is 11.0. The Morgan fingerprint density at radius 3 is 2.56 bits per heavy atom. The van der Waals surface area contributed by atoms with Gasteiger partial charge in [-0.05, 0) is 20.3 Å². The molecule has 0 aliphatic heterocycles. The lowest BCUT2D eigenvalue weighted by atomic mass is 10.3. The van der Waals surface area contributed by atoms with Crippen molar-refractivity contribution in [1.82, 2.24) is 14.8 Å². The zero-order chi connectivity index (χ0) is 12.3. The number of carbonyl (C=O) groups is 1. The molecule has 1 unspecified atom stereocenters. The molecule has 1 heterocycles. The molecule has 0 fully saturated rings. The van der Waals surface area contributed by atoms with Gasteiger partial charge in [0, 0.05) is 6.04 Å². The maximum Gasteiger partial charge on any atom is 0.231 e. The van der Waals surface area contributed by atoms with Gasteiger partial charge in [-0.1, -0.05) is 18.7 Å². The topological polar surface area (TPSA) is 99.8 Å². The van der Waals surface area contributed by atoms with E-state index in [-0.39, 0.29) is 17.2 Å². The van der Waals surface area contributed by atoms with E-state index in [1.54, 1.807) is 4.57 Å². The molecular weight excluding hydrogens is 226 g/mol. The number of rotatable bonds is 5. The van der Waals surface area contributed by atoms with Crippen LogP contribution in [0.4, 0.5) is 5.95 Å². The Bertz CT molecular complexity index is 376. The average molecular weight is 243 g/mol. The third-order valence-electron chi connectivity index (χ3n) is 2.14. The number of anilines is 1. The summed E-state index contributed by atoms with van der Waals surface area (Å²) in [4.78, 5) is 11.1. The Balaban J connectivity index is 2.92. The molecule has 1 rings (SSSR count). The van der Waals surface area contributed by atoms with Gasteiger partial charge < -0.3 is 11.5 Å². The zero-order valence-electron chi connectivity index (χ0n) is 9.67. The van der Waals surface area contributed by atoms with E-state index in [4.69, 9.17) is 11.5 Å². The van der Waals surface area contributed by atoms with Crippen LogP contribution in [0.15, 0.2) is 5.16 Å². The second-order valence-corrected chi connectivity index (χ2v) is 4.89. The molecule has 0 aliphatic rings. The van der Waals surface area contributed by atoms with Crippen LogP contribution in [0, 0.1) is 0 Å². The van der Waals surface area contributed by atoms with Crippen molar-refractivity contribution in [2.24, 2.45) is 5.73 Å². The Labute approximate surface area is 98.8 Å². The maximum absolute atomic E-state index is 11.1. The summed E-state index contributed by atoms with van der Waals surface area (Å²) >= 11 is 1.31. The first-order valence-corrected chi connectivity index (χ1v) is 6.01. The van der Waals surface area contributed by atoms with E-state index in [0.29, 0.717) is 17.5 Å². The number of hydrogen-bond acceptors (Lipinski definition) is 5. The van der Waals surface area contributed by atoms with Gasteiger partial charge in [-0.3, -0.25) is 9.36 Å². The Morgan fingerprint density at radius 1 is 1.50 bits per heavy atom. The Kier molecular flexibility index (Phi) is 4.17. The zero-order valence-corrected chi connectivity index (χ0v) is 10.5. The van der Waals surface area contributed by atoms with Crippen molar-refractivity contribution in [2.45, 2.75) is 43.6 Å². The van der Waals surface area contributed by atoms with Crippen molar-refractivity contribution in [3.05, 3.63) is 0 Å². The van der Waals surface area contributed by atoms with Crippen LogP contribution in [0.3, 0.4) is 0 Å². The van der Waals surface area contributed by atoms with Gasteiger partial charge >= 0.3 is 0 Å². The number of nitrogens with two attached hydrogens (primary N) is 2. The number of hydrogen-bond donors (Lipinski definition) is 2. The van der Waals surface area contributed by atoms with Crippen molar-refractivity contribution in [3.63, 3.8) is 0 Å². The predicted molar refractivity (Wildman–Crippen MR) is 63.9 cm³/mol. The predicted octanol–water partition coefficient (Wildman–Crippen LogP) is 0.797. The molecule has 7 heteroatoms. The number of aromatic nitrogens is 3. The number of amides is 1. The molecule has 1 amide bonds. The van der Waals surface area contributed by atoms with E-state index < -0.39 is 0 Å². The normalized spacial score (nSPS) is 13.0. The van der Waals surface area contributed by atoms with Crippen LogP contribution in [0.25, 0.3) is 0 Å². The molecule has 1 aromatic heterocycles. The molecular formula is C9H17N5OS. The largest absolute Gasteiger partial charge is 0.369 e. The fourth-order valence-corrected chi connectivity index (χ4v) is 2.37. The minimum Gasteiger partial charge on any atom is -0.369 e. The van der Waals surface area contributed by atoms with E-state index in [1.807, 2.05) is 20.8 Å². The van der Waals surface area contributed by atoms with Crippen LogP contribution in [0.2, 0.25) is 0 Å². The smallest absolute Gasteiger partial charge is 0.231 e. The van der Waals surface area contributed by atoms with Crippen molar-refractivity contribution in [3.8, 4) is 0 Å². The molecule has 0 aliphatic carbocycles. The van der Waals surface area contributed by atoms with Gasteiger partial charge in [-0.15, -0.1) is 10.2 Å². The van der Waals surface area contributed by atoms with Crippen LogP contribution < -0.4 is 11.5 Å². The number of nitrogen functional groups attached to an aromatic ring is 1. The summed E-state index contributed by atoms with van der Waals surface area (Å²) < 4.78 is 1.79. The van der Waals surface area contributed by atoms with E-state index in [9.17, 15) is 4.79 Å². The van der Waals surface area contributed by atoms with Crippen LogP contribution in [-0.2, 0) is 4.79 Å². The molecule has 90 valence electrons. The number of thioether (sulfide) groups is 1. The summed E-state index contributed by atoms with van der Waals surface area (Å²) in [5.74, 6) is 0.0150. The van der Waals surface area contributed by atoms with E-state index in [0.717, 1.165) is 0 Å². The van der Waals surface area contributed by atoms with Gasteiger partial charge in [-0.2, -0.15) is 0 Å². The minimum absolute atomic E-state index is 0.155. The lowest BCUT2D eigenvalue weighted by Crippen LogP contribution is -2.25. The van der Waals surface area contributed by atoms with Crippen molar-refractivity contribution in [2.75, 3.05) is 5.73 Å². The van der Waals surface area contributed by atoms with Crippen LogP contribution in [0.5, 0.6) is 0 Å². The SMILES string of the molecule is CCC(Sc1nnc(N)n1C(C)C)C(N)=O. The first-order valence-electron chi connectivity index (χ1n) is 5.13. The van der Waals surface area contributed by atoms with E-state index in [2.05, 4.69) is 10.2 Å². The first kappa shape index (κ1) is 12.8. The number of primary amides is 1. The second kappa shape index (κ2) is 5.20. The van der Waals surface area contributed by atoms with Crippen LogP contribution >= 0.6 is 11.8 Å². The third kappa shape index (κ3) is 2.66. The average Bonchev–Trinajstić information content (AvgIpc) is 2.55. The highest BCUT2D eigenvalue weighted by Crippen LogP contribution is 2.27. The lowest BCUT2D eigenvalue weighted by molar-refractivity contribution is -0.117. The van der Waals surface area contributed by atoms with Gasteiger partial charge in [0.15, 0.2) is 5.16 Å². The summed E-state index contributed by atoms with van der Waals surface area (Å²) in [6.07, 6.45) is 0.658. The summed E-state index contributed by atoms with van der Waals surface area (Å²) in [5, 5.41) is 8.10. The van der Waals surface area contributed by atoms with Crippen LogP contribution in [-0.4, -0.2) is 25.9 Å². The highest BCUT2D eigenvalue weighted by atomic mass is 32.2. The lowest BCUT2D eigenvalue weighted by Gasteiger charge is -2.14. The second-order valence-electron chi connectivity index (χ2n) is 3.72. The standard InChI is InChI=1S/C9H17N5OS/c1-4-6(7(10)15)16-9-13-12-8(11)14(9)5(2)3/h5-6H,4H2,1-3H3,(H2,10,15)(H2,11,12). The molecule has 1 atom stereocenters. The molecule has 6 nitrogen and oxygen atoms in total. The van der Waals surface area contributed by atoms with Crippen molar-refractivity contribution < 1.29 is 4.79 Å². The maximum atomic E-state index is 11.1. The van der Waals surface area contributed by atoms with Crippen LogP contribution in [0.1, 0.15) is 33.2 Å². The highest BCUT2D eigenvalue weighted by molar-refractivity contribution is 8.00. The molecule has 16 heavy (non-hydrogen) atoms. The van der Waals surface area contributed by atoms with Crippen molar-refractivity contribution in [1.29, 1.82) is 0 Å². The summed E-state index contributed by atoms with van der Waals surface area (Å²) in [6, 6.07) is 0.155. The fraction of sp³-hybridized carbons (Fsp3) is 0.667. The molecule has 0 saturated carbocycles. The molecule has 0 aromatic carbocycles. The minimum atomic E-state index is -0.343. The summed E-state index contributed by atoms with van der Waals surface area (Å²) in [7, 11) is 0. The monoisotopic (exact) mass is 243 g/mol. The first-order chi connectivity index (χ1) is 7.47. The summed E-state index contributed by atoms with van der Waals surface area (Å²) in [6.45, 7) is 5.87. The Hall–Kier alpha value is -1.24. The van der Waals surface area contributed by atoms with Gasteiger partial charge in [-0.25, -0.2) is 0 Å². The molecule has 1 aromatic rings. The highest BCUT2D eigenvalue weighted by Gasteiger charge is 2.20. The quantitative estimate of drug-likeness (QED) is 0.745. The fourth-order valence-electron chi connectivity index (χ4n) is 1.32. The molecule has 4 N–H and O–H groups in total. The van der Waals surface area contributed by atoms with Gasteiger partial charge in [0.25, 0.3) is 0 Å². The Morgan fingerprint density at radius 2 is 2.12 bits per heavy atom. The van der Waals surface area contributed by atoms with Gasteiger partial charge in [0.05, 0.1) is 5.25 Å². The van der Waals surface area contributed by atoms with E-state index >= 15 is 0 Å².